The minimum absolute atomic E-state index is 0.154. The molecule has 0 aliphatic heterocycles. The largest absolute Gasteiger partial charge is 0.497 e. The number of carbonyl (C=O) groups is 2. The van der Waals surface area contributed by atoms with Gasteiger partial charge in [-0.2, -0.15) is 5.10 Å². The van der Waals surface area contributed by atoms with Crippen molar-refractivity contribution in [1.82, 2.24) is 5.43 Å². The number of rotatable bonds is 7. The fourth-order valence-electron chi connectivity index (χ4n) is 2.92. The van der Waals surface area contributed by atoms with Crippen LogP contribution >= 0.6 is 0 Å². The Labute approximate surface area is 175 Å². The molecule has 0 aromatic heterocycles. The maximum atomic E-state index is 13.1. The normalized spacial score (nSPS) is 10.6. The van der Waals surface area contributed by atoms with Crippen LogP contribution in [0.15, 0.2) is 84.0 Å². The highest BCUT2D eigenvalue weighted by molar-refractivity contribution is 6.09. The Bertz CT molecular complexity index is 1030. The summed E-state index contributed by atoms with van der Waals surface area (Å²) in [6.45, 7) is 1.75. The molecule has 0 heterocycles. The third kappa shape index (κ3) is 5.32. The highest BCUT2D eigenvalue weighted by atomic mass is 16.5. The van der Waals surface area contributed by atoms with E-state index < -0.39 is 5.91 Å². The number of para-hydroxylation sites is 1. The van der Waals surface area contributed by atoms with Crippen LogP contribution in [0.25, 0.3) is 0 Å². The number of amides is 2. The molecule has 0 spiro atoms. The van der Waals surface area contributed by atoms with E-state index in [1.165, 1.54) is 11.1 Å². The van der Waals surface area contributed by atoms with Gasteiger partial charge in [0, 0.05) is 11.3 Å². The quantitative estimate of drug-likeness (QED) is 0.484. The Morgan fingerprint density at radius 3 is 2.30 bits per heavy atom. The number of nitrogens with zero attached hydrogens (tertiary/aromatic N) is 2. The molecule has 30 heavy (non-hydrogen) atoms. The van der Waals surface area contributed by atoms with Gasteiger partial charge in [-0.1, -0.05) is 36.4 Å². The Kier molecular flexibility index (Phi) is 6.95. The fourth-order valence-corrected chi connectivity index (χ4v) is 2.92. The van der Waals surface area contributed by atoms with Crippen LogP contribution in [0.3, 0.4) is 0 Å². The number of hydrazone groups is 1. The van der Waals surface area contributed by atoms with Gasteiger partial charge in [0.1, 0.15) is 12.3 Å². The van der Waals surface area contributed by atoms with Gasteiger partial charge in [-0.15, -0.1) is 0 Å². The lowest BCUT2D eigenvalue weighted by atomic mass is 10.1. The van der Waals surface area contributed by atoms with Gasteiger partial charge in [-0.25, -0.2) is 5.43 Å². The second-order valence-electron chi connectivity index (χ2n) is 6.61. The van der Waals surface area contributed by atoms with Crippen LogP contribution < -0.4 is 15.1 Å². The molecule has 3 rings (SSSR count). The van der Waals surface area contributed by atoms with Crippen molar-refractivity contribution in [2.45, 2.75) is 6.92 Å². The molecule has 0 fully saturated rings. The van der Waals surface area contributed by atoms with E-state index in [0.717, 1.165) is 16.9 Å². The zero-order valence-corrected chi connectivity index (χ0v) is 16.9. The van der Waals surface area contributed by atoms with E-state index >= 15 is 0 Å². The number of hydrogen-bond acceptors (Lipinski definition) is 4. The molecule has 0 aliphatic carbocycles. The molecule has 6 heteroatoms. The number of nitrogens with one attached hydrogen (secondary N) is 1. The molecule has 0 radical (unpaired) electrons. The predicted molar refractivity (Wildman–Crippen MR) is 118 cm³/mol. The smallest absolute Gasteiger partial charge is 0.260 e. The second-order valence-corrected chi connectivity index (χ2v) is 6.61. The molecular weight excluding hydrogens is 378 g/mol. The first kappa shape index (κ1) is 20.8. The number of methoxy groups -OCH3 is 1. The molecule has 0 saturated carbocycles. The average molecular weight is 401 g/mol. The molecule has 2 amide bonds. The second kappa shape index (κ2) is 10.0. The molecule has 3 aromatic rings. The number of ether oxygens (including phenoxy) is 1. The summed E-state index contributed by atoms with van der Waals surface area (Å²) in [5, 5.41) is 3.99. The predicted octanol–water partition coefficient (Wildman–Crippen LogP) is 3.80. The van der Waals surface area contributed by atoms with Gasteiger partial charge in [0.2, 0.25) is 0 Å². The molecule has 0 bridgehead atoms. The van der Waals surface area contributed by atoms with Crippen molar-refractivity contribution in [1.29, 1.82) is 0 Å². The third-order valence-corrected chi connectivity index (χ3v) is 4.49. The van der Waals surface area contributed by atoms with E-state index in [0.29, 0.717) is 11.3 Å². The van der Waals surface area contributed by atoms with Crippen molar-refractivity contribution < 1.29 is 14.3 Å². The van der Waals surface area contributed by atoms with Crippen LogP contribution in [0.5, 0.6) is 5.75 Å². The number of benzene rings is 3. The molecule has 152 valence electrons. The van der Waals surface area contributed by atoms with Crippen molar-refractivity contribution in [3.8, 4) is 5.75 Å². The minimum Gasteiger partial charge on any atom is -0.497 e. The standard InChI is InChI=1S/C24H23N3O3/c1-18-8-6-7-11-22(18)27(24(29)20-9-4-3-5-10-20)17-23(28)26-25-16-19-12-14-21(30-2)15-13-19/h3-16H,17H2,1-2H3,(H,26,28). The van der Waals surface area contributed by atoms with Gasteiger partial charge in [0.25, 0.3) is 11.8 Å². The number of anilines is 1. The number of aryl methyl sites for hydroxylation is 1. The topological polar surface area (TPSA) is 71.0 Å². The maximum Gasteiger partial charge on any atom is 0.260 e. The fraction of sp³-hybridized carbons (Fsp3) is 0.125. The lowest BCUT2D eigenvalue weighted by Gasteiger charge is -2.23. The van der Waals surface area contributed by atoms with E-state index in [4.69, 9.17) is 4.74 Å². The van der Waals surface area contributed by atoms with Crippen LogP contribution in [0.1, 0.15) is 21.5 Å². The number of hydrogen-bond donors (Lipinski definition) is 1. The van der Waals surface area contributed by atoms with E-state index in [1.807, 2.05) is 61.5 Å². The van der Waals surface area contributed by atoms with Crippen LogP contribution in [0, 0.1) is 6.92 Å². The van der Waals surface area contributed by atoms with Crippen molar-refractivity contribution in [2.24, 2.45) is 5.10 Å². The van der Waals surface area contributed by atoms with E-state index in [1.54, 1.807) is 31.4 Å². The van der Waals surface area contributed by atoms with Crippen LogP contribution in [-0.2, 0) is 4.79 Å². The summed E-state index contributed by atoms with van der Waals surface area (Å²) in [7, 11) is 1.60. The maximum absolute atomic E-state index is 13.1. The Hall–Kier alpha value is -3.93. The summed E-state index contributed by atoms with van der Waals surface area (Å²) in [5.41, 5.74) is 5.39. The summed E-state index contributed by atoms with van der Waals surface area (Å²) in [4.78, 5) is 27.1. The molecule has 0 atom stereocenters. The molecule has 0 saturated heterocycles. The first-order chi connectivity index (χ1) is 14.6. The lowest BCUT2D eigenvalue weighted by Crippen LogP contribution is -2.40. The minimum atomic E-state index is -0.396. The highest BCUT2D eigenvalue weighted by Gasteiger charge is 2.21. The van der Waals surface area contributed by atoms with Gasteiger partial charge in [0.15, 0.2) is 0 Å². The van der Waals surface area contributed by atoms with Gasteiger partial charge < -0.3 is 4.74 Å². The average Bonchev–Trinajstić information content (AvgIpc) is 2.78. The van der Waals surface area contributed by atoms with Crippen LogP contribution in [0.4, 0.5) is 5.69 Å². The summed E-state index contributed by atoms with van der Waals surface area (Å²) in [6, 6.07) is 23.6. The number of carbonyl (C=O) groups excluding carboxylic acids is 2. The van der Waals surface area contributed by atoms with Crippen molar-refractivity contribution in [2.75, 3.05) is 18.6 Å². The summed E-state index contributed by atoms with van der Waals surface area (Å²) >= 11 is 0. The van der Waals surface area contributed by atoms with Gasteiger partial charge in [0.05, 0.1) is 13.3 Å². The highest BCUT2D eigenvalue weighted by Crippen LogP contribution is 2.21. The Morgan fingerprint density at radius 1 is 0.967 bits per heavy atom. The van der Waals surface area contributed by atoms with Crippen LogP contribution in [-0.4, -0.2) is 31.7 Å². The van der Waals surface area contributed by atoms with Crippen molar-refractivity contribution >= 4 is 23.7 Å². The zero-order valence-electron chi connectivity index (χ0n) is 16.9. The molecule has 6 nitrogen and oxygen atoms in total. The monoisotopic (exact) mass is 401 g/mol. The molecule has 0 aliphatic rings. The zero-order chi connectivity index (χ0) is 21.3. The first-order valence-corrected chi connectivity index (χ1v) is 9.47. The van der Waals surface area contributed by atoms with E-state index in [-0.39, 0.29) is 12.5 Å². The van der Waals surface area contributed by atoms with E-state index in [2.05, 4.69) is 10.5 Å². The molecule has 0 unspecified atom stereocenters. The summed E-state index contributed by atoms with van der Waals surface area (Å²) < 4.78 is 5.11. The Morgan fingerprint density at radius 2 is 1.63 bits per heavy atom. The van der Waals surface area contributed by atoms with E-state index in [9.17, 15) is 9.59 Å². The van der Waals surface area contributed by atoms with Crippen LogP contribution in [0.2, 0.25) is 0 Å². The first-order valence-electron chi connectivity index (χ1n) is 9.47. The van der Waals surface area contributed by atoms with Crippen molar-refractivity contribution in [3.05, 3.63) is 95.6 Å². The van der Waals surface area contributed by atoms with Crippen molar-refractivity contribution in [3.63, 3.8) is 0 Å². The van der Waals surface area contributed by atoms with Gasteiger partial charge in [-0.3, -0.25) is 14.5 Å². The molecule has 3 aromatic carbocycles. The summed E-state index contributed by atoms with van der Waals surface area (Å²) in [6.07, 6.45) is 1.54. The Balaban J connectivity index is 1.73. The third-order valence-electron chi connectivity index (χ3n) is 4.49. The van der Waals surface area contributed by atoms with Gasteiger partial charge >= 0.3 is 0 Å². The molecular formula is C24H23N3O3. The summed E-state index contributed by atoms with van der Waals surface area (Å²) in [5.74, 6) is 0.0935. The molecule has 1 N–H and O–H groups in total. The SMILES string of the molecule is COc1ccc(C=NNC(=O)CN(C(=O)c2ccccc2)c2ccccc2C)cc1. The van der Waals surface area contributed by atoms with Gasteiger partial charge in [-0.05, 0) is 60.5 Å². The lowest BCUT2D eigenvalue weighted by molar-refractivity contribution is -0.119.